The molecule has 0 saturated carbocycles. The van der Waals surface area contributed by atoms with Crippen LogP contribution in [0.1, 0.15) is 22.3 Å². The molecule has 3 nitrogen and oxygen atoms in total. The van der Waals surface area contributed by atoms with Crippen molar-refractivity contribution in [3.05, 3.63) is 89.2 Å². The maximum atomic E-state index is 5.68. The van der Waals surface area contributed by atoms with E-state index in [0.29, 0.717) is 0 Å². The van der Waals surface area contributed by atoms with Crippen LogP contribution in [0.25, 0.3) is 28.2 Å². The van der Waals surface area contributed by atoms with Gasteiger partial charge in [-0.15, -0.1) is 23.8 Å². The minimum Gasteiger partial charge on any atom is -0.539 e. The summed E-state index contributed by atoms with van der Waals surface area (Å²) in [6.45, 7) is 8.53. The molecule has 0 aliphatic heterocycles. The van der Waals surface area contributed by atoms with Crippen LogP contribution in [0.5, 0.6) is 5.75 Å². The van der Waals surface area contributed by atoms with Crippen molar-refractivity contribution in [2.45, 2.75) is 27.7 Å². The first-order valence-electron chi connectivity index (χ1n) is 9.78. The molecular weight excluding hydrogens is 549 g/mol. The minimum atomic E-state index is 0. The SMILES string of the molecule is COc1c[c-]c(-c2nccn2-c2c(C)cccc2C)cc1-c1c(C)cccc1C.[Ir]. The van der Waals surface area contributed by atoms with Crippen LogP contribution in [0.3, 0.4) is 0 Å². The summed E-state index contributed by atoms with van der Waals surface area (Å²) in [5.41, 5.74) is 9.24. The fraction of sp³-hybridized carbons (Fsp3) is 0.192. The van der Waals surface area contributed by atoms with Crippen molar-refractivity contribution in [3.8, 4) is 34.0 Å². The van der Waals surface area contributed by atoms with E-state index in [9.17, 15) is 0 Å². The third-order valence-electron chi connectivity index (χ3n) is 5.45. The summed E-state index contributed by atoms with van der Waals surface area (Å²) in [5, 5.41) is 0. The maximum Gasteiger partial charge on any atom is 0.0648 e. The van der Waals surface area contributed by atoms with Gasteiger partial charge in [-0.05, 0) is 55.5 Å². The zero-order chi connectivity index (χ0) is 20.5. The zero-order valence-electron chi connectivity index (χ0n) is 17.9. The van der Waals surface area contributed by atoms with E-state index >= 15 is 0 Å². The molecule has 0 fully saturated rings. The van der Waals surface area contributed by atoms with Crippen molar-refractivity contribution < 1.29 is 24.8 Å². The van der Waals surface area contributed by atoms with Crippen LogP contribution in [0.4, 0.5) is 0 Å². The van der Waals surface area contributed by atoms with E-state index in [4.69, 9.17) is 4.74 Å². The predicted octanol–water partition coefficient (Wildman–Crippen LogP) is 6.25. The number of ether oxygens (including phenoxy) is 1. The van der Waals surface area contributed by atoms with Crippen LogP contribution in [-0.2, 0) is 20.1 Å². The molecule has 1 aromatic heterocycles. The molecule has 0 atom stereocenters. The van der Waals surface area contributed by atoms with E-state index in [2.05, 4.69) is 85.8 Å². The van der Waals surface area contributed by atoms with Gasteiger partial charge in [0.25, 0.3) is 0 Å². The van der Waals surface area contributed by atoms with Crippen molar-refractivity contribution in [2.75, 3.05) is 7.11 Å². The Morgan fingerprint density at radius 3 is 2.10 bits per heavy atom. The largest absolute Gasteiger partial charge is 0.539 e. The van der Waals surface area contributed by atoms with Gasteiger partial charge in [0.15, 0.2) is 0 Å². The molecule has 0 unspecified atom stereocenters. The molecule has 30 heavy (non-hydrogen) atoms. The first-order chi connectivity index (χ1) is 14.0. The number of rotatable bonds is 4. The summed E-state index contributed by atoms with van der Waals surface area (Å²) in [7, 11) is 1.71. The number of imidazole rings is 1. The van der Waals surface area contributed by atoms with Gasteiger partial charge in [0.05, 0.1) is 12.9 Å². The Hall–Kier alpha value is -2.68. The normalized spacial score (nSPS) is 10.6. The quantitative estimate of drug-likeness (QED) is 0.270. The van der Waals surface area contributed by atoms with Crippen molar-refractivity contribution in [2.24, 2.45) is 0 Å². The molecule has 155 valence electrons. The van der Waals surface area contributed by atoms with Crippen molar-refractivity contribution in [3.63, 3.8) is 0 Å². The van der Waals surface area contributed by atoms with E-state index in [-0.39, 0.29) is 20.1 Å². The van der Waals surface area contributed by atoms with Crippen LogP contribution >= 0.6 is 0 Å². The maximum absolute atomic E-state index is 5.68. The van der Waals surface area contributed by atoms with Gasteiger partial charge >= 0.3 is 0 Å². The molecule has 0 saturated heterocycles. The number of nitrogens with zero attached hydrogens (tertiary/aromatic N) is 2. The molecule has 0 aliphatic rings. The first kappa shape index (κ1) is 22.0. The Morgan fingerprint density at radius 1 is 0.900 bits per heavy atom. The Kier molecular flexibility index (Phi) is 6.60. The third-order valence-corrected chi connectivity index (χ3v) is 5.45. The molecule has 4 aromatic rings. The number of aromatic nitrogens is 2. The van der Waals surface area contributed by atoms with Crippen LogP contribution in [0, 0.1) is 33.8 Å². The molecular formula is C26H25IrN2O-. The Morgan fingerprint density at radius 2 is 1.50 bits per heavy atom. The average molecular weight is 574 g/mol. The van der Waals surface area contributed by atoms with Gasteiger partial charge in [0.1, 0.15) is 0 Å². The van der Waals surface area contributed by atoms with Gasteiger partial charge in [-0.2, -0.15) is 0 Å². The van der Waals surface area contributed by atoms with Crippen molar-refractivity contribution >= 4 is 0 Å². The monoisotopic (exact) mass is 574 g/mol. The number of para-hydroxylation sites is 1. The Balaban J connectivity index is 0.00000256. The van der Waals surface area contributed by atoms with Gasteiger partial charge in [0.2, 0.25) is 0 Å². The fourth-order valence-corrected chi connectivity index (χ4v) is 4.08. The molecule has 0 aliphatic carbocycles. The van der Waals surface area contributed by atoms with Crippen LogP contribution in [0.15, 0.2) is 60.9 Å². The molecule has 3 aromatic carbocycles. The second kappa shape index (κ2) is 8.99. The number of hydrogen-bond acceptors (Lipinski definition) is 2. The fourth-order valence-electron chi connectivity index (χ4n) is 4.08. The number of aryl methyl sites for hydroxylation is 4. The van der Waals surface area contributed by atoms with Crippen LogP contribution in [-0.4, -0.2) is 16.7 Å². The smallest absolute Gasteiger partial charge is 0.0648 e. The zero-order valence-corrected chi connectivity index (χ0v) is 20.3. The molecule has 0 N–H and O–H groups in total. The van der Waals surface area contributed by atoms with E-state index in [0.717, 1.165) is 28.4 Å². The second-order valence-electron chi connectivity index (χ2n) is 7.46. The van der Waals surface area contributed by atoms with Crippen LogP contribution in [0.2, 0.25) is 0 Å². The second-order valence-corrected chi connectivity index (χ2v) is 7.46. The molecule has 1 heterocycles. The standard InChI is InChI=1S/C26H25N2O.Ir/c1-17-8-6-9-18(2)24(17)22-16-21(12-13-23(22)29-5)26-27-14-15-28(26)25-19(3)10-7-11-20(25)4;/h6-11,13-16H,1-5H3;/q-1;. The summed E-state index contributed by atoms with van der Waals surface area (Å²) in [4.78, 5) is 4.67. The van der Waals surface area contributed by atoms with E-state index in [1.807, 2.05) is 18.5 Å². The van der Waals surface area contributed by atoms with Gasteiger partial charge in [-0.1, -0.05) is 42.0 Å². The average Bonchev–Trinajstić information content (AvgIpc) is 3.17. The Labute approximate surface area is 192 Å². The summed E-state index contributed by atoms with van der Waals surface area (Å²) in [6.07, 6.45) is 3.86. The molecule has 4 rings (SSSR count). The van der Waals surface area contributed by atoms with Gasteiger partial charge in [-0.25, -0.2) is 0 Å². The molecule has 0 spiro atoms. The molecule has 1 radical (unpaired) electrons. The third kappa shape index (κ3) is 3.86. The predicted molar refractivity (Wildman–Crippen MR) is 119 cm³/mol. The van der Waals surface area contributed by atoms with E-state index in [1.165, 1.54) is 27.8 Å². The van der Waals surface area contributed by atoms with Gasteiger partial charge < -0.3 is 9.30 Å². The Bertz CT molecular complexity index is 1150. The molecule has 4 heteroatoms. The summed E-state index contributed by atoms with van der Waals surface area (Å²) in [5.74, 6) is 1.69. The van der Waals surface area contributed by atoms with E-state index < -0.39 is 0 Å². The topological polar surface area (TPSA) is 27.1 Å². The van der Waals surface area contributed by atoms with Crippen molar-refractivity contribution in [1.29, 1.82) is 0 Å². The van der Waals surface area contributed by atoms with Gasteiger partial charge in [0, 0.05) is 43.9 Å². The summed E-state index contributed by atoms with van der Waals surface area (Å²) < 4.78 is 7.83. The molecule has 0 bridgehead atoms. The van der Waals surface area contributed by atoms with Gasteiger partial charge in [-0.3, -0.25) is 4.98 Å². The minimum absolute atomic E-state index is 0. The summed E-state index contributed by atoms with van der Waals surface area (Å²) >= 11 is 0. The number of methoxy groups -OCH3 is 1. The van der Waals surface area contributed by atoms with Crippen LogP contribution < -0.4 is 4.74 Å². The molecule has 0 amide bonds. The number of hydrogen-bond donors (Lipinski definition) is 0. The first-order valence-corrected chi connectivity index (χ1v) is 9.78. The van der Waals surface area contributed by atoms with E-state index in [1.54, 1.807) is 7.11 Å². The van der Waals surface area contributed by atoms with Crippen molar-refractivity contribution in [1.82, 2.24) is 9.55 Å². The number of benzene rings is 3. The summed E-state index contributed by atoms with van der Waals surface area (Å²) in [6, 6.07) is 20.1.